The molecule has 31 heavy (non-hydrogen) atoms. The van der Waals surface area contributed by atoms with Crippen LogP contribution < -0.4 is 10.6 Å². The SMILES string of the molecule is CN(C)C(=O)CN=C(NCC1CCCCO1)NC1CCCN(C(=O)OC(C)(C)C)C1.I. The maximum absolute atomic E-state index is 12.4. The van der Waals surface area contributed by atoms with Crippen LogP contribution in [-0.2, 0) is 14.3 Å². The number of hydrogen-bond acceptors (Lipinski definition) is 5. The summed E-state index contributed by atoms with van der Waals surface area (Å²) in [6.45, 7) is 8.33. The first-order valence-electron chi connectivity index (χ1n) is 11.0. The normalized spacial score (nSPS) is 22.2. The molecule has 2 aliphatic rings. The zero-order valence-electron chi connectivity index (χ0n) is 19.6. The largest absolute Gasteiger partial charge is 0.444 e. The molecule has 2 saturated heterocycles. The van der Waals surface area contributed by atoms with Gasteiger partial charge in [-0.15, -0.1) is 24.0 Å². The van der Waals surface area contributed by atoms with Crippen LogP contribution in [0.1, 0.15) is 52.9 Å². The summed E-state index contributed by atoms with van der Waals surface area (Å²) in [5, 5.41) is 6.72. The molecule has 0 aromatic carbocycles. The fourth-order valence-corrected chi connectivity index (χ4v) is 3.40. The van der Waals surface area contributed by atoms with Gasteiger partial charge in [-0.2, -0.15) is 0 Å². The van der Waals surface area contributed by atoms with Gasteiger partial charge in [0.15, 0.2) is 5.96 Å². The number of guanidine groups is 1. The number of ether oxygens (including phenoxy) is 2. The number of amides is 2. The van der Waals surface area contributed by atoms with Gasteiger partial charge < -0.3 is 29.9 Å². The van der Waals surface area contributed by atoms with E-state index in [1.165, 1.54) is 11.3 Å². The first-order chi connectivity index (χ1) is 14.1. The number of carbonyl (C=O) groups is 2. The van der Waals surface area contributed by atoms with Gasteiger partial charge in [0, 0.05) is 46.4 Å². The Morgan fingerprint density at radius 3 is 2.55 bits per heavy atom. The van der Waals surface area contributed by atoms with E-state index in [1.807, 2.05) is 20.8 Å². The average Bonchev–Trinajstić information content (AvgIpc) is 2.69. The zero-order valence-corrected chi connectivity index (χ0v) is 21.9. The van der Waals surface area contributed by atoms with Crippen LogP contribution >= 0.6 is 24.0 Å². The molecule has 2 heterocycles. The molecule has 2 atom stereocenters. The molecular weight excluding hydrogens is 513 g/mol. The van der Waals surface area contributed by atoms with Crippen molar-refractivity contribution >= 4 is 41.9 Å². The second-order valence-corrected chi connectivity index (χ2v) is 9.23. The molecule has 0 spiro atoms. The molecule has 0 aromatic rings. The second-order valence-electron chi connectivity index (χ2n) is 9.23. The lowest BCUT2D eigenvalue weighted by atomic mass is 10.1. The highest BCUT2D eigenvalue weighted by Gasteiger charge is 2.28. The van der Waals surface area contributed by atoms with E-state index >= 15 is 0 Å². The number of aliphatic imine (C=N–C) groups is 1. The number of halogens is 1. The Balaban J connectivity index is 0.00000480. The summed E-state index contributed by atoms with van der Waals surface area (Å²) >= 11 is 0. The van der Waals surface area contributed by atoms with E-state index in [9.17, 15) is 9.59 Å². The first-order valence-corrected chi connectivity index (χ1v) is 11.0. The summed E-state index contributed by atoms with van der Waals surface area (Å²) < 4.78 is 11.3. The topological polar surface area (TPSA) is 95.5 Å². The van der Waals surface area contributed by atoms with Crippen molar-refractivity contribution in [3.63, 3.8) is 0 Å². The van der Waals surface area contributed by atoms with Gasteiger partial charge in [-0.1, -0.05) is 0 Å². The van der Waals surface area contributed by atoms with E-state index in [0.29, 0.717) is 25.6 Å². The summed E-state index contributed by atoms with van der Waals surface area (Å²) in [5.41, 5.74) is -0.516. The molecule has 0 aromatic heterocycles. The highest BCUT2D eigenvalue weighted by atomic mass is 127. The summed E-state index contributed by atoms with van der Waals surface area (Å²) in [7, 11) is 3.43. The molecule has 2 unspecified atom stereocenters. The molecule has 0 saturated carbocycles. The van der Waals surface area contributed by atoms with Gasteiger partial charge in [-0.05, 0) is 52.9 Å². The third-order valence-electron chi connectivity index (χ3n) is 5.06. The molecule has 0 radical (unpaired) electrons. The number of nitrogens with one attached hydrogen (secondary N) is 2. The molecular formula is C21H40IN5O4. The smallest absolute Gasteiger partial charge is 0.410 e. The first kappa shape index (κ1) is 27.7. The monoisotopic (exact) mass is 553 g/mol. The van der Waals surface area contributed by atoms with Crippen molar-refractivity contribution in [2.24, 2.45) is 4.99 Å². The van der Waals surface area contributed by atoms with Gasteiger partial charge in [0.1, 0.15) is 12.1 Å². The minimum atomic E-state index is -0.516. The number of rotatable bonds is 5. The van der Waals surface area contributed by atoms with Crippen LogP contribution in [0.25, 0.3) is 0 Å². The van der Waals surface area contributed by atoms with Crippen molar-refractivity contribution in [1.82, 2.24) is 20.4 Å². The van der Waals surface area contributed by atoms with Gasteiger partial charge in [-0.3, -0.25) is 4.79 Å². The number of hydrogen-bond donors (Lipinski definition) is 2. The molecule has 0 aliphatic carbocycles. The summed E-state index contributed by atoms with van der Waals surface area (Å²) in [6.07, 6.45) is 4.95. The van der Waals surface area contributed by atoms with Crippen molar-refractivity contribution in [2.75, 3.05) is 46.9 Å². The van der Waals surface area contributed by atoms with Crippen LogP contribution in [-0.4, -0.2) is 92.4 Å². The number of carbonyl (C=O) groups excluding carboxylic acids is 2. The fourth-order valence-electron chi connectivity index (χ4n) is 3.40. The second kappa shape index (κ2) is 13.3. The van der Waals surface area contributed by atoms with Gasteiger partial charge in [0.2, 0.25) is 5.91 Å². The quantitative estimate of drug-likeness (QED) is 0.308. The van der Waals surface area contributed by atoms with Gasteiger partial charge in [-0.25, -0.2) is 9.79 Å². The minimum Gasteiger partial charge on any atom is -0.444 e. The fraction of sp³-hybridized carbons (Fsp3) is 0.857. The van der Waals surface area contributed by atoms with Gasteiger partial charge >= 0.3 is 6.09 Å². The molecule has 2 aliphatic heterocycles. The maximum atomic E-state index is 12.4. The Labute approximate surface area is 203 Å². The van der Waals surface area contributed by atoms with E-state index in [1.54, 1.807) is 19.0 Å². The maximum Gasteiger partial charge on any atom is 0.410 e. The Morgan fingerprint density at radius 1 is 1.19 bits per heavy atom. The van der Waals surface area contributed by atoms with Crippen LogP contribution in [0.3, 0.4) is 0 Å². The van der Waals surface area contributed by atoms with Crippen molar-refractivity contribution in [1.29, 1.82) is 0 Å². The van der Waals surface area contributed by atoms with E-state index in [4.69, 9.17) is 9.47 Å². The molecule has 0 bridgehead atoms. The highest BCUT2D eigenvalue weighted by molar-refractivity contribution is 14.0. The Bertz CT molecular complexity index is 603. The molecule has 180 valence electrons. The molecule has 2 N–H and O–H groups in total. The van der Waals surface area contributed by atoms with Crippen LogP contribution in [0.5, 0.6) is 0 Å². The van der Waals surface area contributed by atoms with E-state index in [2.05, 4.69) is 15.6 Å². The predicted molar refractivity (Wildman–Crippen MR) is 132 cm³/mol. The van der Waals surface area contributed by atoms with Crippen LogP contribution in [0.15, 0.2) is 4.99 Å². The Kier molecular flexibility index (Phi) is 11.9. The lowest BCUT2D eigenvalue weighted by Crippen LogP contribution is -2.54. The number of piperidine rings is 1. The minimum absolute atomic E-state index is 0. The molecule has 10 heteroatoms. The molecule has 9 nitrogen and oxygen atoms in total. The van der Waals surface area contributed by atoms with Crippen molar-refractivity contribution in [3.8, 4) is 0 Å². The third kappa shape index (κ3) is 10.7. The molecule has 2 fully saturated rings. The zero-order chi connectivity index (χ0) is 22.1. The predicted octanol–water partition coefficient (Wildman–Crippen LogP) is 2.20. The average molecular weight is 553 g/mol. The van der Waals surface area contributed by atoms with Crippen molar-refractivity contribution in [2.45, 2.75) is 70.6 Å². The number of likely N-dealkylation sites (N-methyl/N-ethyl adjacent to an activating group) is 1. The molecule has 2 amide bonds. The van der Waals surface area contributed by atoms with Crippen molar-refractivity contribution < 1.29 is 19.1 Å². The standard InChI is InChI=1S/C21H39N5O4.HI/c1-21(2,3)30-20(28)26-11-8-9-16(15-26)24-19(23-14-18(27)25(4)5)22-13-17-10-6-7-12-29-17;/h16-17H,6-15H2,1-5H3,(H2,22,23,24);1H. The Morgan fingerprint density at radius 2 is 1.94 bits per heavy atom. The van der Waals surface area contributed by atoms with E-state index < -0.39 is 5.60 Å². The van der Waals surface area contributed by atoms with Gasteiger partial charge in [0.25, 0.3) is 0 Å². The molecule has 2 rings (SSSR count). The van der Waals surface area contributed by atoms with Crippen LogP contribution in [0.2, 0.25) is 0 Å². The highest BCUT2D eigenvalue weighted by Crippen LogP contribution is 2.16. The lowest BCUT2D eigenvalue weighted by molar-refractivity contribution is -0.127. The number of nitrogens with zero attached hydrogens (tertiary/aromatic N) is 3. The Hall–Kier alpha value is -1.30. The van der Waals surface area contributed by atoms with Crippen LogP contribution in [0.4, 0.5) is 4.79 Å². The van der Waals surface area contributed by atoms with Crippen LogP contribution in [0, 0.1) is 0 Å². The van der Waals surface area contributed by atoms with Gasteiger partial charge in [0.05, 0.1) is 6.10 Å². The summed E-state index contributed by atoms with van der Waals surface area (Å²) in [5.74, 6) is 0.513. The van der Waals surface area contributed by atoms with E-state index in [0.717, 1.165) is 32.3 Å². The van der Waals surface area contributed by atoms with Crippen molar-refractivity contribution in [3.05, 3.63) is 0 Å². The summed E-state index contributed by atoms with van der Waals surface area (Å²) in [6, 6.07) is 0.0410. The van der Waals surface area contributed by atoms with E-state index in [-0.39, 0.29) is 54.7 Å². The number of likely N-dealkylation sites (tertiary alicyclic amines) is 1. The summed E-state index contributed by atoms with van der Waals surface area (Å²) in [4.78, 5) is 32.1. The third-order valence-corrected chi connectivity index (χ3v) is 5.06. The lowest BCUT2D eigenvalue weighted by Gasteiger charge is -2.35.